The van der Waals surface area contributed by atoms with E-state index in [-0.39, 0.29) is 35.1 Å². The zero-order chi connectivity index (χ0) is 43.3. The third kappa shape index (κ3) is 8.15. The Labute approximate surface area is 365 Å². The quantitative estimate of drug-likeness (QED) is 0.104. The van der Waals surface area contributed by atoms with Crippen molar-refractivity contribution in [2.75, 3.05) is 36.8 Å². The first-order valence-corrected chi connectivity index (χ1v) is 22.0. The summed E-state index contributed by atoms with van der Waals surface area (Å²) in [7, 11) is 0. The second kappa shape index (κ2) is 16.3. The van der Waals surface area contributed by atoms with Crippen molar-refractivity contribution < 1.29 is 32.6 Å². The van der Waals surface area contributed by atoms with Crippen LogP contribution < -0.4 is 15.0 Å². The van der Waals surface area contributed by atoms with Gasteiger partial charge in [-0.05, 0) is 96.0 Å². The molecule has 2 fully saturated rings. The highest BCUT2D eigenvalue weighted by molar-refractivity contribution is 7.99. The third-order valence-electron chi connectivity index (χ3n) is 12.7. The number of carbonyl (C=O) groups excluding carboxylic acids is 2. The number of thioether (sulfide) groups is 1. The van der Waals surface area contributed by atoms with Gasteiger partial charge in [0.05, 0.1) is 34.6 Å². The van der Waals surface area contributed by atoms with Crippen LogP contribution in [0.5, 0.6) is 11.5 Å². The number of ether oxygens (including phenoxy) is 1. The van der Waals surface area contributed by atoms with Crippen LogP contribution >= 0.6 is 11.8 Å². The molecule has 14 heteroatoms. The summed E-state index contributed by atoms with van der Waals surface area (Å²) in [6.45, 7) is 3.07. The Kier molecular flexibility index (Phi) is 10.5. The second-order valence-electron chi connectivity index (χ2n) is 16.8. The van der Waals surface area contributed by atoms with Crippen LogP contribution in [0.2, 0.25) is 0 Å². The van der Waals surface area contributed by atoms with Crippen molar-refractivity contribution in [1.82, 2.24) is 24.8 Å². The minimum absolute atomic E-state index is 0.0243. The van der Waals surface area contributed by atoms with Crippen LogP contribution in [0.4, 0.5) is 18.9 Å². The minimum Gasteiger partial charge on any atom is -0.508 e. The SMILES string of the molecule is O=C(NCc1cc2c3ccccc3nc(SCC(=O)N3CCC4(C3)CN(c3ccc([C@@H]5c6ccc(O)cc6CC[C@@H]5c5ccccc5)cc3)C4)n2n1)c1ccccc1OC(F)(F)F. The van der Waals surface area contributed by atoms with Crippen molar-refractivity contribution in [2.45, 2.75) is 49.2 Å². The number of phenolic OH excluding ortho intramolecular Hbond substituents is 1. The predicted molar refractivity (Wildman–Crippen MR) is 235 cm³/mol. The normalized spacial score (nSPS) is 18.1. The van der Waals surface area contributed by atoms with E-state index in [4.69, 9.17) is 10.1 Å². The van der Waals surface area contributed by atoms with Gasteiger partial charge in [0.15, 0.2) is 5.16 Å². The van der Waals surface area contributed by atoms with Crippen LogP contribution in [0, 0.1) is 5.41 Å². The number of rotatable bonds is 10. The van der Waals surface area contributed by atoms with Gasteiger partial charge in [0.25, 0.3) is 5.91 Å². The van der Waals surface area contributed by atoms with E-state index in [1.165, 1.54) is 57.9 Å². The van der Waals surface area contributed by atoms with E-state index in [1.54, 1.807) is 16.6 Å². The van der Waals surface area contributed by atoms with E-state index in [1.807, 2.05) is 35.2 Å². The molecule has 2 aliphatic heterocycles. The maximum atomic E-state index is 13.7. The van der Waals surface area contributed by atoms with Crippen molar-refractivity contribution >= 4 is 45.7 Å². The number of anilines is 1. The lowest BCUT2D eigenvalue weighted by Crippen LogP contribution is -2.58. The Balaban J connectivity index is 0.786. The van der Waals surface area contributed by atoms with Crippen LogP contribution in [0.15, 0.2) is 133 Å². The van der Waals surface area contributed by atoms with Gasteiger partial charge >= 0.3 is 6.36 Å². The maximum absolute atomic E-state index is 13.7. The molecule has 7 aromatic rings. The highest BCUT2D eigenvalue weighted by atomic mass is 32.2. The predicted octanol–water partition coefficient (Wildman–Crippen LogP) is 9.11. The molecule has 10 rings (SSSR count). The van der Waals surface area contributed by atoms with Crippen LogP contribution in [-0.4, -0.2) is 74.7 Å². The number of carbonyl (C=O) groups is 2. The number of hydrogen-bond donors (Lipinski definition) is 2. The Morgan fingerprint density at radius 2 is 1.63 bits per heavy atom. The fraction of sp³-hybridized carbons (Fsp3) is 0.265. The molecule has 63 heavy (non-hydrogen) atoms. The Morgan fingerprint density at radius 3 is 2.44 bits per heavy atom. The topological polar surface area (TPSA) is 112 Å². The van der Waals surface area contributed by atoms with Crippen molar-refractivity contribution in [3.8, 4) is 11.5 Å². The maximum Gasteiger partial charge on any atom is 0.573 e. The smallest absolute Gasteiger partial charge is 0.508 e. The zero-order valence-corrected chi connectivity index (χ0v) is 34.9. The van der Waals surface area contributed by atoms with Gasteiger partial charge in [-0.2, -0.15) is 5.10 Å². The number of halogens is 3. The van der Waals surface area contributed by atoms with E-state index in [0.29, 0.717) is 35.6 Å². The summed E-state index contributed by atoms with van der Waals surface area (Å²) in [5.74, 6) is -0.316. The second-order valence-corrected chi connectivity index (χ2v) is 17.7. The van der Waals surface area contributed by atoms with Gasteiger partial charge in [-0.15, -0.1) is 13.2 Å². The van der Waals surface area contributed by atoms with Crippen molar-refractivity contribution in [3.05, 3.63) is 161 Å². The van der Waals surface area contributed by atoms with E-state index in [2.05, 4.69) is 75.6 Å². The average molecular weight is 869 g/mol. The van der Waals surface area contributed by atoms with Crippen LogP contribution in [-0.2, 0) is 17.8 Å². The van der Waals surface area contributed by atoms with Crippen molar-refractivity contribution in [1.29, 1.82) is 0 Å². The molecule has 0 unspecified atom stereocenters. The Morgan fingerprint density at radius 1 is 0.873 bits per heavy atom. The number of nitrogens with zero attached hydrogens (tertiary/aromatic N) is 5. The molecular formula is C49H43F3N6O4S. The lowest BCUT2D eigenvalue weighted by molar-refractivity contribution is -0.274. The number of fused-ring (bicyclic) bond motifs is 4. The fourth-order valence-corrected chi connectivity index (χ4v) is 10.6. The molecule has 2 aromatic heterocycles. The monoisotopic (exact) mass is 868 g/mol. The molecule has 2 atom stereocenters. The number of nitrogens with one attached hydrogen (secondary N) is 1. The summed E-state index contributed by atoms with van der Waals surface area (Å²) in [4.78, 5) is 35.9. The van der Waals surface area contributed by atoms with Gasteiger partial charge in [-0.1, -0.05) is 90.6 Å². The number of phenols is 1. The molecule has 10 nitrogen and oxygen atoms in total. The first-order chi connectivity index (χ1) is 30.5. The molecule has 2 N–H and O–H groups in total. The molecule has 2 amide bonds. The first-order valence-electron chi connectivity index (χ1n) is 21.0. The number of hydrogen-bond acceptors (Lipinski definition) is 8. The molecule has 0 saturated carbocycles. The molecule has 5 aromatic carbocycles. The molecule has 3 aliphatic rings. The summed E-state index contributed by atoms with van der Waals surface area (Å²) in [5, 5.41) is 18.9. The van der Waals surface area contributed by atoms with E-state index in [0.717, 1.165) is 54.8 Å². The van der Waals surface area contributed by atoms with Crippen LogP contribution in [0.25, 0.3) is 16.4 Å². The number of amides is 2. The van der Waals surface area contributed by atoms with Crippen LogP contribution in [0.1, 0.15) is 63.0 Å². The largest absolute Gasteiger partial charge is 0.573 e. The number of aryl methyl sites for hydroxylation is 1. The fourth-order valence-electron chi connectivity index (χ4n) is 9.76. The van der Waals surface area contributed by atoms with Gasteiger partial charge in [0, 0.05) is 48.6 Å². The molecular weight excluding hydrogens is 826 g/mol. The summed E-state index contributed by atoms with van der Waals surface area (Å²) in [6, 6.07) is 40.1. The lowest BCUT2D eigenvalue weighted by Gasteiger charge is -2.49. The number of aromatic hydroxyl groups is 1. The van der Waals surface area contributed by atoms with E-state index >= 15 is 0 Å². The van der Waals surface area contributed by atoms with Gasteiger partial charge in [0.1, 0.15) is 11.5 Å². The molecule has 320 valence electrons. The molecule has 4 heterocycles. The minimum atomic E-state index is -4.95. The van der Waals surface area contributed by atoms with E-state index < -0.39 is 18.0 Å². The van der Waals surface area contributed by atoms with Gasteiger partial charge in [0.2, 0.25) is 5.91 Å². The number of para-hydroxylation sites is 2. The highest BCUT2D eigenvalue weighted by Crippen LogP contribution is 2.48. The number of likely N-dealkylation sites (tertiary alicyclic amines) is 1. The lowest BCUT2D eigenvalue weighted by atomic mass is 9.69. The van der Waals surface area contributed by atoms with Gasteiger partial charge in [-0.3, -0.25) is 9.59 Å². The van der Waals surface area contributed by atoms with Crippen molar-refractivity contribution in [2.24, 2.45) is 5.41 Å². The number of alkyl halides is 3. The zero-order valence-electron chi connectivity index (χ0n) is 34.1. The number of aromatic nitrogens is 3. The molecule has 1 spiro atoms. The summed E-state index contributed by atoms with van der Waals surface area (Å²) in [5.41, 5.74) is 7.95. The van der Waals surface area contributed by atoms with E-state index in [9.17, 15) is 27.9 Å². The summed E-state index contributed by atoms with van der Waals surface area (Å²) < 4.78 is 44.7. The van der Waals surface area contributed by atoms with Gasteiger partial charge in [-0.25, -0.2) is 9.50 Å². The van der Waals surface area contributed by atoms with Gasteiger partial charge < -0.3 is 25.0 Å². The summed E-state index contributed by atoms with van der Waals surface area (Å²) >= 11 is 1.30. The molecule has 1 aliphatic carbocycles. The molecule has 0 radical (unpaired) electrons. The number of benzene rings is 5. The van der Waals surface area contributed by atoms with Crippen molar-refractivity contribution in [3.63, 3.8) is 0 Å². The third-order valence-corrected chi connectivity index (χ3v) is 13.6. The molecule has 2 saturated heterocycles. The summed E-state index contributed by atoms with van der Waals surface area (Å²) in [6.07, 6.45) is -2.07. The first kappa shape index (κ1) is 40.5. The standard InChI is InChI=1S/C49H43F3N6O4S/c50-49(51,52)62-43-13-7-5-11-40(43)46(61)53-26-34-25-42-39-10-4-6-12-41(39)54-47(58(42)55-34)63-27-44(60)56-23-22-48(28-56)29-57(30-48)35-17-14-32(15-18-35)45-37(31-8-2-1-3-9-31)20-16-33-24-36(59)19-21-38(33)45/h1-15,17-19,21,24-25,37,45,59H,16,20,22-23,26-30H2,(H,53,61)/t37-,45+/m1/s1. The Hall–Kier alpha value is -6.54. The highest BCUT2D eigenvalue weighted by Gasteiger charge is 2.49. The Bertz CT molecular complexity index is 2850. The average Bonchev–Trinajstić information content (AvgIpc) is 3.93. The molecule has 0 bridgehead atoms. The van der Waals surface area contributed by atoms with Crippen LogP contribution in [0.3, 0.4) is 0 Å².